The van der Waals surface area contributed by atoms with Gasteiger partial charge in [0.2, 0.25) is 0 Å². The molecule has 0 aromatic carbocycles. The molecule has 4 nitrogen and oxygen atoms in total. The molecule has 0 bridgehead atoms. The van der Waals surface area contributed by atoms with Crippen molar-refractivity contribution in [2.24, 2.45) is 0 Å². The first kappa shape index (κ1) is 13.9. The zero-order chi connectivity index (χ0) is 11.6. The van der Waals surface area contributed by atoms with E-state index in [9.17, 15) is 5.11 Å². The number of aliphatic hydroxyl groups is 1. The topological polar surface area (TPSA) is 47.9 Å². The van der Waals surface area contributed by atoms with Crippen LogP contribution in [0.15, 0.2) is 0 Å². The van der Waals surface area contributed by atoms with E-state index < -0.39 is 0 Å². The van der Waals surface area contributed by atoms with Crippen LogP contribution in [-0.4, -0.2) is 50.3 Å². The van der Waals surface area contributed by atoms with E-state index in [-0.39, 0.29) is 12.2 Å². The van der Waals surface area contributed by atoms with Gasteiger partial charge in [-0.05, 0) is 19.8 Å². The highest BCUT2D eigenvalue weighted by atomic mass is 16.5. The third-order valence-electron chi connectivity index (χ3n) is 2.80. The van der Waals surface area contributed by atoms with E-state index in [0.29, 0.717) is 26.4 Å². The van der Waals surface area contributed by atoms with E-state index in [1.54, 1.807) is 0 Å². The molecule has 96 valence electrons. The van der Waals surface area contributed by atoms with Crippen molar-refractivity contribution in [2.75, 3.05) is 33.0 Å². The Kier molecular flexibility index (Phi) is 7.76. The summed E-state index contributed by atoms with van der Waals surface area (Å²) in [7, 11) is 0. The van der Waals surface area contributed by atoms with Gasteiger partial charge >= 0.3 is 0 Å². The van der Waals surface area contributed by atoms with Gasteiger partial charge < -0.3 is 19.3 Å². The first-order valence-corrected chi connectivity index (χ1v) is 6.29. The van der Waals surface area contributed by atoms with Gasteiger partial charge in [0, 0.05) is 6.61 Å². The predicted octanol–water partition coefficient (Wildman–Crippen LogP) is 1.36. The van der Waals surface area contributed by atoms with E-state index in [1.807, 2.05) is 6.92 Å². The normalized spacial score (nSPS) is 25.9. The molecule has 1 aliphatic rings. The fraction of sp³-hybridized carbons (Fsp3) is 1.00. The molecule has 1 rings (SSSR count). The van der Waals surface area contributed by atoms with Crippen LogP contribution in [0.2, 0.25) is 0 Å². The third-order valence-corrected chi connectivity index (χ3v) is 2.80. The highest BCUT2D eigenvalue weighted by Gasteiger charge is 2.23. The summed E-state index contributed by atoms with van der Waals surface area (Å²) in [6.45, 7) is 5.10. The van der Waals surface area contributed by atoms with Crippen LogP contribution in [0.25, 0.3) is 0 Å². The Morgan fingerprint density at radius 1 is 1.00 bits per heavy atom. The second-order valence-corrected chi connectivity index (χ2v) is 4.07. The smallest absolute Gasteiger partial charge is 0.0835 e. The zero-order valence-electron chi connectivity index (χ0n) is 10.2. The van der Waals surface area contributed by atoms with Crippen LogP contribution in [0.3, 0.4) is 0 Å². The van der Waals surface area contributed by atoms with Crippen molar-refractivity contribution in [2.45, 2.75) is 44.8 Å². The van der Waals surface area contributed by atoms with Gasteiger partial charge in [-0.2, -0.15) is 0 Å². The summed E-state index contributed by atoms with van der Waals surface area (Å²) in [5.74, 6) is 0. The van der Waals surface area contributed by atoms with E-state index in [1.165, 1.54) is 0 Å². The molecule has 2 unspecified atom stereocenters. The highest BCUT2D eigenvalue weighted by Crippen LogP contribution is 2.20. The van der Waals surface area contributed by atoms with Crippen molar-refractivity contribution >= 4 is 0 Å². The van der Waals surface area contributed by atoms with Crippen molar-refractivity contribution in [3.63, 3.8) is 0 Å². The lowest BCUT2D eigenvalue weighted by Crippen LogP contribution is -2.33. The maximum atomic E-state index is 9.66. The average molecular weight is 232 g/mol. The molecule has 0 amide bonds. The summed E-state index contributed by atoms with van der Waals surface area (Å²) in [5.41, 5.74) is 0. The third kappa shape index (κ3) is 5.80. The SMILES string of the molecule is CCOCCOCCOC1CCCCC1O. The lowest BCUT2D eigenvalue weighted by molar-refractivity contribution is -0.0760. The monoisotopic (exact) mass is 232 g/mol. The van der Waals surface area contributed by atoms with Gasteiger partial charge in [-0.15, -0.1) is 0 Å². The second-order valence-electron chi connectivity index (χ2n) is 4.07. The minimum Gasteiger partial charge on any atom is -0.390 e. The minimum atomic E-state index is -0.280. The Morgan fingerprint density at radius 2 is 1.69 bits per heavy atom. The molecule has 16 heavy (non-hydrogen) atoms. The van der Waals surface area contributed by atoms with Crippen molar-refractivity contribution in [1.82, 2.24) is 0 Å². The van der Waals surface area contributed by atoms with Gasteiger partial charge in [-0.25, -0.2) is 0 Å². The zero-order valence-corrected chi connectivity index (χ0v) is 10.2. The molecule has 0 heterocycles. The second kappa shape index (κ2) is 8.93. The average Bonchev–Trinajstić information content (AvgIpc) is 2.30. The summed E-state index contributed by atoms with van der Waals surface area (Å²) in [6, 6.07) is 0. The summed E-state index contributed by atoms with van der Waals surface area (Å²) in [5, 5.41) is 9.66. The Bertz CT molecular complexity index is 163. The molecule has 0 radical (unpaired) electrons. The first-order valence-electron chi connectivity index (χ1n) is 6.29. The Balaban J connectivity index is 1.90. The fourth-order valence-electron chi connectivity index (χ4n) is 1.89. The Morgan fingerprint density at radius 3 is 2.44 bits per heavy atom. The number of ether oxygens (including phenoxy) is 3. The van der Waals surface area contributed by atoms with Gasteiger partial charge in [-0.3, -0.25) is 0 Å². The maximum absolute atomic E-state index is 9.66. The van der Waals surface area contributed by atoms with Crippen molar-refractivity contribution in [3.8, 4) is 0 Å². The van der Waals surface area contributed by atoms with Crippen molar-refractivity contribution < 1.29 is 19.3 Å². The van der Waals surface area contributed by atoms with Crippen LogP contribution in [0.5, 0.6) is 0 Å². The molecule has 1 N–H and O–H groups in total. The molecule has 1 aliphatic carbocycles. The summed E-state index contributed by atoms with van der Waals surface area (Å²) < 4.78 is 16.1. The van der Waals surface area contributed by atoms with Gasteiger partial charge in [0.05, 0.1) is 38.6 Å². The van der Waals surface area contributed by atoms with E-state index >= 15 is 0 Å². The van der Waals surface area contributed by atoms with E-state index in [4.69, 9.17) is 14.2 Å². The van der Waals surface area contributed by atoms with Crippen LogP contribution < -0.4 is 0 Å². The summed E-state index contributed by atoms with van der Waals surface area (Å²) in [4.78, 5) is 0. The first-order chi connectivity index (χ1) is 7.84. The van der Waals surface area contributed by atoms with Crippen LogP contribution >= 0.6 is 0 Å². The van der Waals surface area contributed by atoms with Crippen LogP contribution in [0, 0.1) is 0 Å². The largest absolute Gasteiger partial charge is 0.390 e. The molecule has 0 aromatic rings. The molecule has 0 aliphatic heterocycles. The van der Waals surface area contributed by atoms with Gasteiger partial charge in [0.15, 0.2) is 0 Å². The standard InChI is InChI=1S/C12H24O4/c1-2-14-7-8-15-9-10-16-12-6-4-3-5-11(12)13/h11-13H,2-10H2,1H3. The van der Waals surface area contributed by atoms with Crippen LogP contribution in [0.4, 0.5) is 0 Å². The quantitative estimate of drug-likeness (QED) is 0.642. The van der Waals surface area contributed by atoms with Gasteiger partial charge in [0.25, 0.3) is 0 Å². The maximum Gasteiger partial charge on any atom is 0.0835 e. The fourth-order valence-corrected chi connectivity index (χ4v) is 1.89. The van der Waals surface area contributed by atoms with Crippen LogP contribution in [-0.2, 0) is 14.2 Å². The molecule has 0 saturated heterocycles. The highest BCUT2D eigenvalue weighted by molar-refractivity contribution is 4.74. The van der Waals surface area contributed by atoms with E-state index in [0.717, 1.165) is 32.3 Å². The van der Waals surface area contributed by atoms with Crippen LogP contribution in [0.1, 0.15) is 32.6 Å². The molecule has 0 spiro atoms. The van der Waals surface area contributed by atoms with E-state index in [2.05, 4.69) is 0 Å². The number of rotatable bonds is 8. The lowest BCUT2D eigenvalue weighted by atomic mass is 9.95. The molecule has 1 fully saturated rings. The summed E-state index contributed by atoms with van der Waals surface area (Å²) >= 11 is 0. The predicted molar refractivity (Wildman–Crippen MR) is 61.5 cm³/mol. The number of hydrogen-bond donors (Lipinski definition) is 1. The van der Waals surface area contributed by atoms with Gasteiger partial charge in [0.1, 0.15) is 0 Å². The Hall–Kier alpha value is -0.160. The Labute approximate surface area is 97.9 Å². The molecule has 4 heteroatoms. The molecular weight excluding hydrogens is 208 g/mol. The van der Waals surface area contributed by atoms with Crippen molar-refractivity contribution in [1.29, 1.82) is 0 Å². The van der Waals surface area contributed by atoms with Gasteiger partial charge in [-0.1, -0.05) is 12.8 Å². The lowest BCUT2D eigenvalue weighted by Gasteiger charge is -2.27. The number of aliphatic hydroxyl groups excluding tert-OH is 1. The summed E-state index contributed by atoms with van der Waals surface area (Å²) in [6.07, 6.45) is 3.86. The molecule has 0 aromatic heterocycles. The minimum absolute atomic E-state index is 0.0178. The van der Waals surface area contributed by atoms with Crippen molar-refractivity contribution in [3.05, 3.63) is 0 Å². The molecule has 1 saturated carbocycles. The molecular formula is C12H24O4. The number of hydrogen-bond acceptors (Lipinski definition) is 4. The molecule has 2 atom stereocenters.